The standard InChI is InChI=1S/C17H16F3N3/c1-2-12(21)9-23-16-8-14(20)13(19)7-15(16)22-17(23)10-3-5-11(18)6-4-10/h3-8,12H,2,9,21H2,1H3. The van der Waals surface area contributed by atoms with Crippen molar-refractivity contribution in [2.45, 2.75) is 25.9 Å². The van der Waals surface area contributed by atoms with Gasteiger partial charge in [-0.15, -0.1) is 0 Å². The summed E-state index contributed by atoms with van der Waals surface area (Å²) in [6, 6.07) is 7.83. The van der Waals surface area contributed by atoms with Crippen molar-refractivity contribution in [3.8, 4) is 11.4 Å². The third-order valence-electron chi connectivity index (χ3n) is 3.83. The molecule has 1 atom stereocenters. The molecule has 2 aromatic carbocycles. The lowest BCUT2D eigenvalue weighted by Gasteiger charge is -2.14. The number of aromatic nitrogens is 2. The molecule has 0 amide bonds. The molecule has 3 nitrogen and oxygen atoms in total. The minimum Gasteiger partial charge on any atom is -0.326 e. The second-order valence-electron chi connectivity index (χ2n) is 5.48. The summed E-state index contributed by atoms with van der Waals surface area (Å²) in [5.41, 5.74) is 7.48. The van der Waals surface area contributed by atoms with Gasteiger partial charge >= 0.3 is 0 Å². The Morgan fingerprint density at radius 3 is 2.39 bits per heavy atom. The molecule has 0 aliphatic heterocycles. The van der Waals surface area contributed by atoms with Crippen LogP contribution in [0.3, 0.4) is 0 Å². The number of halogens is 3. The topological polar surface area (TPSA) is 43.8 Å². The van der Waals surface area contributed by atoms with Crippen LogP contribution in [0, 0.1) is 17.5 Å². The smallest absolute Gasteiger partial charge is 0.161 e. The fourth-order valence-corrected chi connectivity index (χ4v) is 2.49. The number of nitrogens with two attached hydrogens (primary N) is 1. The third kappa shape index (κ3) is 2.94. The molecule has 0 aliphatic carbocycles. The molecule has 0 spiro atoms. The van der Waals surface area contributed by atoms with Crippen LogP contribution in [0.5, 0.6) is 0 Å². The van der Waals surface area contributed by atoms with Crippen LogP contribution in [0.15, 0.2) is 36.4 Å². The fourth-order valence-electron chi connectivity index (χ4n) is 2.49. The Kier molecular flexibility index (Phi) is 4.09. The number of benzene rings is 2. The van der Waals surface area contributed by atoms with Crippen molar-refractivity contribution in [3.63, 3.8) is 0 Å². The number of hydrogen-bond acceptors (Lipinski definition) is 2. The number of rotatable bonds is 4. The molecule has 0 saturated carbocycles. The normalized spacial score (nSPS) is 12.7. The van der Waals surface area contributed by atoms with E-state index >= 15 is 0 Å². The van der Waals surface area contributed by atoms with Crippen LogP contribution >= 0.6 is 0 Å². The number of fused-ring (bicyclic) bond motifs is 1. The molecule has 3 aromatic rings. The van der Waals surface area contributed by atoms with Gasteiger partial charge in [-0.25, -0.2) is 18.2 Å². The van der Waals surface area contributed by atoms with E-state index in [9.17, 15) is 13.2 Å². The minimum absolute atomic E-state index is 0.153. The van der Waals surface area contributed by atoms with E-state index in [2.05, 4.69) is 4.98 Å². The van der Waals surface area contributed by atoms with Gasteiger partial charge in [-0.2, -0.15) is 0 Å². The fraction of sp³-hybridized carbons (Fsp3) is 0.235. The maximum absolute atomic E-state index is 13.6. The first kappa shape index (κ1) is 15.6. The summed E-state index contributed by atoms with van der Waals surface area (Å²) in [6.07, 6.45) is 0.728. The Labute approximate surface area is 131 Å². The first-order valence-corrected chi connectivity index (χ1v) is 7.36. The van der Waals surface area contributed by atoms with Crippen molar-refractivity contribution in [2.75, 3.05) is 0 Å². The second-order valence-corrected chi connectivity index (χ2v) is 5.48. The third-order valence-corrected chi connectivity index (χ3v) is 3.83. The zero-order valence-electron chi connectivity index (χ0n) is 12.6. The lowest BCUT2D eigenvalue weighted by atomic mass is 10.2. The van der Waals surface area contributed by atoms with Crippen LogP contribution in [0.2, 0.25) is 0 Å². The highest BCUT2D eigenvalue weighted by atomic mass is 19.2. The Hall–Kier alpha value is -2.34. The Morgan fingerprint density at radius 2 is 1.74 bits per heavy atom. The van der Waals surface area contributed by atoms with E-state index in [-0.39, 0.29) is 11.9 Å². The van der Waals surface area contributed by atoms with Crippen LogP contribution in [0.25, 0.3) is 22.4 Å². The van der Waals surface area contributed by atoms with E-state index in [1.165, 1.54) is 12.1 Å². The van der Waals surface area contributed by atoms with Gasteiger partial charge in [0.25, 0.3) is 0 Å². The van der Waals surface area contributed by atoms with E-state index in [0.717, 1.165) is 18.6 Å². The summed E-state index contributed by atoms with van der Waals surface area (Å²) in [6.45, 7) is 2.35. The Morgan fingerprint density at radius 1 is 1.09 bits per heavy atom. The molecule has 0 aliphatic rings. The predicted octanol–water partition coefficient (Wildman–Crippen LogP) is 3.86. The van der Waals surface area contributed by atoms with E-state index in [0.29, 0.717) is 29.0 Å². The predicted molar refractivity (Wildman–Crippen MR) is 83.3 cm³/mol. The molecule has 0 saturated heterocycles. The second kappa shape index (κ2) is 6.04. The molecule has 1 heterocycles. The molecule has 1 unspecified atom stereocenters. The van der Waals surface area contributed by atoms with Gasteiger partial charge in [0.05, 0.1) is 11.0 Å². The summed E-state index contributed by atoms with van der Waals surface area (Å²) in [5, 5.41) is 0. The van der Waals surface area contributed by atoms with Crippen molar-refractivity contribution in [3.05, 3.63) is 53.8 Å². The molecule has 120 valence electrons. The largest absolute Gasteiger partial charge is 0.326 e. The average Bonchev–Trinajstić information content (AvgIpc) is 2.86. The van der Waals surface area contributed by atoms with Gasteiger partial charge in [-0.1, -0.05) is 6.92 Å². The SMILES string of the molecule is CCC(N)Cn1c(-c2ccc(F)cc2)nc2cc(F)c(F)cc21. The minimum atomic E-state index is -0.951. The van der Waals surface area contributed by atoms with E-state index in [1.807, 2.05) is 6.92 Å². The van der Waals surface area contributed by atoms with Crippen LogP contribution in [-0.2, 0) is 6.54 Å². The van der Waals surface area contributed by atoms with Crippen molar-refractivity contribution >= 4 is 11.0 Å². The van der Waals surface area contributed by atoms with Crippen LogP contribution < -0.4 is 5.73 Å². The molecule has 1 aromatic heterocycles. The lowest BCUT2D eigenvalue weighted by Crippen LogP contribution is -2.25. The number of imidazole rings is 1. The maximum atomic E-state index is 13.6. The highest BCUT2D eigenvalue weighted by Crippen LogP contribution is 2.27. The highest BCUT2D eigenvalue weighted by Gasteiger charge is 2.17. The summed E-state index contributed by atoms with van der Waals surface area (Å²) in [4.78, 5) is 4.38. The van der Waals surface area contributed by atoms with E-state index in [4.69, 9.17) is 5.73 Å². The molecule has 6 heteroatoms. The van der Waals surface area contributed by atoms with Gasteiger partial charge in [0.2, 0.25) is 0 Å². The summed E-state index contributed by atoms with van der Waals surface area (Å²) >= 11 is 0. The van der Waals surface area contributed by atoms with Crippen molar-refractivity contribution in [2.24, 2.45) is 5.73 Å². The first-order valence-electron chi connectivity index (χ1n) is 7.36. The lowest BCUT2D eigenvalue weighted by molar-refractivity contribution is 0.509. The Balaban J connectivity index is 2.22. The number of nitrogens with zero attached hydrogens (tertiary/aromatic N) is 2. The van der Waals surface area contributed by atoms with Crippen molar-refractivity contribution in [1.82, 2.24) is 9.55 Å². The highest BCUT2D eigenvalue weighted by molar-refractivity contribution is 5.81. The molecule has 23 heavy (non-hydrogen) atoms. The van der Waals surface area contributed by atoms with Crippen LogP contribution in [0.1, 0.15) is 13.3 Å². The molecule has 0 fully saturated rings. The summed E-state index contributed by atoms with van der Waals surface area (Å²) in [5.74, 6) is -1.74. The molecular formula is C17H16F3N3. The van der Waals surface area contributed by atoms with Crippen LogP contribution in [-0.4, -0.2) is 15.6 Å². The molecular weight excluding hydrogens is 303 g/mol. The average molecular weight is 319 g/mol. The van der Waals surface area contributed by atoms with E-state index in [1.54, 1.807) is 16.7 Å². The van der Waals surface area contributed by atoms with Crippen LogP contribution in [0.4, 0.5) is 13.2 Å². The maximum Gasteiger partial charge on any atom is 0.161 e. The molecule has 3 rings (SSSR count). The summed E-state index contributed by atoms with van der Waals surface area (Å²) in [7, 11) is 0. The number of hydrogen-bond donors (Lipinski definition) is 1. The van der Waals surface area contributed by atoms with Gasteiger partial charge in [-0.3, -0.25) is 0 Å². The van der Waals surface area contributed by atoms with Crippen molar-refractivity contribution < 1.29 is 13.2 Å². The first-order chi connectivity index (χ1) is 11.0. The quantitative estimate of drug-likeness (QED) is 0.793. The Bertz CT molecular complexity index is 840. The monoisotopic (exact) mass is 319 g/mol. The zero-order chi connectivity index (χ0) is 16.6. The van der Waals surface area contributed by atoms with Gasteiger partial charge < -0.3 is 10.3 Å². The zero-order valence-corrected chi connectivity index (χ0v) is 12.6. The van der Waals surface area contributed by atoms with Gasteiger partial charge in [0.15, 0.2) is 11.6 Å². The molecule has 0 bridgehead atoms. The summed E-state index contributed by atoms with van der Waals surface area (Å²) < 4.78 is 42.0. The molecule has 0 radical (unpaired) electrons. The molecule has 2 N–H and O–H groups in total. The van der Waals surface area contributed by atoms with Crippen molar-refractivity contribution in [1.29, 1.82) is 0 Å². The van der Waals surface area contributed by atoms with Gasteiger partial charge in [0, 0.05) is 30.3 Å². The van der Waals surface area contributed by atoms with Gasteiger partial charge in [-0.05, 0) is 30.7 Å². The van der Waals surface area contributed by atoms with Gasteiger partial charge in [0.1, 0.15) is 11.6 Å². The van der Waals surface area contributed by atoms with E-state index < -0.39 is 11.6 Å².